The highest BCUT2D eigenvalue weighted by molar-refractivity contribution is 7.25. The third-order valence-electron chi connectivity index (χ3n) is 9.98. The molecule has 8 aromatic carbocycles. The Balaban J connectivity index is 1.19. The van der Waals surface area contributed by atoms with E-state index in [9.17, 15) is 10.5 Å². The van der Waals surface area contributed by atoms with Crippen molar-refractivity contribution in [2.45, 2.75) is 0 Å². The topological polar surface area (TPSA) is 47.6 Å². The van der Waals surface area contributed by atoms with Crippen LogP contribution in [0.4, 0.5) is 0 Å². The Morgan fingerprint density at radius 2 is 0.679 bits per heavy atom. The smallest absolute Gasteiger partial charge is 0.100 e. The van der Waals surface area contributed by atoms with Crippen molar-refractivity contribution in [3.8, 4) is 78.9 Å². The minimum absolute atomic E-state index is 0.675. The van der Waals surface area contributed by atoms with Crippen molar-refractivity contribution in [3.63, 3.8) is 0 Å². The monoisotopic (exact) mass is 690 g/mol. The second kappa shape index (κ2) is 13.6. The molecule has 0 unspecified atom stereocenters. The summed E-state index contributed by atoms with van der Waals surface area (Å²) in [5.41, 5.74) is 13.5. The van der Waals surface area contributed by atoms with Gasteiger partial charge in [-0.25, -0.2) is 0 Å². The van der Waals surface area contributed by atoms with Crippen LogP contribution in [-0.2, 0) is 0 Å². The summed E-state index contributed by atoms with van der Waals surface area (Å²) < 4.78 is 2.42. The summed E-state index contributed by atoms with van der Waals surface area (Å²) >= 11 is 1.79. The first kappa shape index (κ1) is 31.9. The van der Waals surface area contributed by atoms with E-state index in [4.69, 9.17) is 0 Å². The normalized spacial score (nSPS) is 11.0. The fourth-order valence-corrected chi connectivity index (χ4v) is 8.50. The van der Waals surface area contributed by atoms with Gasteiger partial charge in [0.25, 0.3) is 0 Å². The van der Waals surface area contributed by atoms with E-state index in [1.807, 2.05) is 72.8 Å². The average molecular weight is 691 g/mol. The van der Waals surface area contributed by atoms with Crippen LogP contribution in [0, 0.1) is 22.7 Å². The van der Waals surface area contributed by atoms with Gasteiger partial charge >= 0.3 is 0 Å². The molecule has 246 valence electrons. The van der Waals surface area contributed by atoms with Crippen LogP contribution in [0.2, 0.25) is 0 Å². The van der Waals surface area contributed by atoms with Gasteiger partial charge in [0.2, 0.25) is 0 Å². The summed E-state index contributed by atoms with van der Waals surface area (Å²) in [6.07, 6.45) is 0. The summed E-state index contributed by atoms with van der Waals surface area (Å²) in [6, 6.07) is 67.9. The number of nitriles is 2. The second-order valence-corrected chi connectivity index (χ2v) is 14.2. The third kappa shape index (κ3) is 5.86. The molecule has 0 aliphatic carbocycles. The zero-order chi connectivity index (χ0) is 35.7. The minimum Gasteiger partial charge on any atom is -0.192 e. The van der Waals surface area contributed by atoms with Gasteiger partial charge in [-0.05, 0) is 87.0 Å². The number of nitrogens with zero attached hydrogens (tertiary/aromatic N) is 2. The second-order valence-electron chi connectivity index (χ2n) is 13.1. The Labute approximate surface area is 312 Å². The summed E-state index contributed by atoms with van der Waals surface area (Å²) in [7, 11) is 0. The molecule has 0 aliphatic rings. The van der Waals surface area contributed by atoms with Gasteiger partial charge in [-0.1, -0.05) is 140 Å². The predicted molar refractivity (Wildman–Crippen MR) is 221 cm³/mol. The molecule has 0 spiro atoms. The quantitative estimate of drug-likeness (QED) is 0.174. The average Bonchev–Trinajstić information content (AvgIpc) is 3.61. The van der Waals surface area contributed by atoms with Crippen molar-refractivity contribution in [3.05, 3.63) is 193 Å². The standard InChI is InChI=1S/C50H30N2S/c51-31-47-42(33-13-5-1-6-14-33)26-39(27-43(47)34-15-7-2-8-16-34)37-22-24-49-46(25-37)41-23-21-38(30-50(41)53-49)40-28-44(35-17-9-3-10-18-35)48(32-52)45(29-40)36-19-11-4-12-20-36/h1-30H. The Bertz CT molecular complexity index is 2760. The Hall–Kier alpha value is -7.04. The summed E-state index contributed by atoms with van der Waals surface area (Å²) in [5, 5.41) is 23.3. The molecule has 3 heteroatoms. The fraction of sp³-hybridized carbons (Fsp3) is 0. The van der Waals surface area contributed by atoms with Crippen LogP contribution in [0.1, 0.15) is 11.1 Å². The minimum atomic E-state index is 0.675. The van der Waals surface area contributed by atoms with E-state index < -0.39 is 0 Å². The van der Waals surface area contributed by atoms with Gasteiger partial charge in [-0.15, -0.1) is 11.3 Å². The van der Waals surface area contributed by atoms with Gasteiger partial charge in [0, 0.05) is 42.4 Å². The maximum Gasteiger partial charge on any atom is 0.100 e. The molecule has 0 atom stereocenters. The van der Waals surface area contributed by atoms with Gasteiger partial charge in [0.1, 0.15) is 12.1 Å². The molecule has 9 rings (SSSR count). The van der Waals surface area contributed by atoms with Gasteiger partial charge in [-0.3, -0.25) is 0 Å². The molecule has 1 aromatic heterocycles. The molecule has 0 amide bonds. The number of hydrogen-bond acceptors (Lipinski definition) is 3. The fourth-order valence-electron chi connectivity index (χ4n) is 7.38. The first-order valence-electron chi connectivity index (χ1n) is 17.5. The Morgan fingerprint density at radius 3 is 1.08 bits per heavy atom. The SMILES string of the molecule is N#Cc1c(-c2ccccc2)cc(-c2ccc3c(c2)sc2ccc(-c4cc(-c5ccccc5)c(C#N)c(-c5ccccc5)c4)cc23)cc1-c1ccccc1. The lowest BCUT2D eigenvalue weighted by Crippen LogP contribution is -1.92. The molecule has 0 N–H and O–H groups in total. The third-order valence-corrected chi connectivity index (χ3v) is 11.1. The van der Waals surface area contributed by atoms with Crippen LogP contribution < -0.4 is 0 Å². The van der Waals surface area contributed by atoms with E-state index in [-0.39, 0.29) is 0 Å². The lowest BCUT2D eigenvalue weighted by atomic mass is 9.88. The molecular formula is C50H30N2S. The van der Waals surface area contributed by atoms with Crippen molar-refractivity contribution >= 4 is 31.5 Å². The molecule has 0 aliphatic heterocycles. The summed E-state index contributed by atoms with van der Waals surface area (Å²) in [4.78, 5) is 0. The molecular weight excluding hydrogens is 661 g/mol. The molecule has 1 heterocycles. The van der Waals surface area contributed by atoms with Crippen molar-refractivity contribution in [1.82, 2.24) is 0 Å². The van der Waals surface area contributed by atoms with Crippen molar-refractivity contribution in [2.75, 3.05) is 0 Å². The molecule has 0 bridgehead atoms. The van der Waals surface area contributed by atoms with E-state index in [2.05, 4.69) is 121 Å². The molecule has 0 saturated heterocycles. The molecule has 0 saturated carbocycles. The molecule has 53 heavy (non-hydrogen) atoms. The van der Waals surface area contributed by atoms with Crippen LogP contribution in [0.5, 0.6) is 0 Å². The predicted octanol–water partition coefficient (Wildman–Crippen LogP) is 13.8. The van der Waals surface area contributed by atoms with E-state index >= 15 is 0 Å². The largest absolute Gasteiger partial charge is 0.192 e. The molecule has 9 aromatic rings. The number of benzene rings is 8. The van der Waals surface area contributed by atoms with Crippen molar-refractivity contribution in [1.29, 1.82) is 10.5 Å². The first-order valence-corrected chi connectivity index (χ1v) is 18.4. The Morgan fingerprint density at radius 1 is 0.302 bits per heavy atom. The van der Waals surface area contributed by atoms with Gasteiger partial charge < -0.3 is 0 Å². The number of rotatable bonds is 6. The van der Waals surface area contributed by atoms with E-state index in [0.29, 0.717) is 11.1 Å². The highest BCUT2D eigenvalue weighted by Gasteiger charge is 2.18. The van der Waals surface area contributed by atoms with E-state index in [1.165, 1.54) is 20.2 Å². The van der Waals surface area contributed by atoms with Gasteiger partial charge in [0.05, 0.1) is 11.1 Å². The van der Waals surface area contributed by atoms with E-state index in [0.717, 1.165) is 66.8 Å². The maximum atomic E-state index is 10.4. The summed E-state index contributed by atoms with van der Waals surface area (Å²) in [5.74, 6) is 0. The van der Waals surface area contributed by atoms with Gasteiger partial charge in [0.15, 0.2) is 0 Å². The van der Waals surface area contributed by atoms with E-state index in [1.54, 1.807) is 11.3 Å². The zero-order valence-corrected chi connectivity index (χ0v) is 29.4. The number of thiophene rings is 1. The highest BCUT2D eigenvalue weighted by Crippen LogP contribution is 2.43. The van der Waals surface area contributed by atoms with Crippen molar-refractivity contribution < 1.29 is 0 Å². The van der Waals surface area contributed by atoms with Crippen LogP contribution in [0.25, 0.3) is 86.9 Å². The molecule has 0 fully saturated rings. The lowest BCUT2D eigenvalue weighted by Gasteiger charge is -2.14. The Kier molecular flexibility index (Phi) is 8.18. The summed E-state index contributed by atoms with van der Waals surface area (Å²) in [6.45, 7) is 0. The van der Waals surface area contributed by atoms with Crippen LogP contribution >= 0.6 is 11.3 Å². The van der Waals surface area contributed by atoms with Gasteiger partial charge in [-0.2, -0.15) is 10.5 Å². The lowest BCUT2D eigenvalue weighted by molar-refractivity contribution is 1.47. The molecule has 2 nitrogen and oxygen atoms in total. The van der Waals surface area contributed by atoms with Crippen LogP contribution in [0.3, 0.4) is 0 Å². The first-order chi connectivity index (χ1) is 26.2. The zero-order valence-electron chi connectivity index (χ0n) is 28.6. The maximum absolute atomic E-state index is 10.4. The van der Waals surface area contributed by atoms with Crippen molar-refractivity contribution in [2.24, 2.45) is 0 Å². The number of fused-ring (bicyclic) bond motifs is 3. The highest BCUT2D eigenvalue weighted by atomic mass is 32.1. The number of hydrogen-bond donors (Lipinski definition) is 0. The molecule has 0 radical (unpaired) electrons. The van der Waals surface area contributed by atoms with Crippen LogP contribution in [0.15, 0.2) is 182 Å². The van der Waals surface area contributed by atoms with Crippen LogP contribution in [-0.4, -0.2) is 0 Å².